The van der Waals surface area contributed by atoms with E-state index in [4.69, 9.17) is 4.74 Å². The van der Waals surface area contributed by atoms with Gasteiger partial charge in [-0.05, 0) is 61.7 Å². The molecule has 9 heteroatoms. The van der Waals surface area contributed by atoms with Crippen LogP contribution in [0.2, 0.25) is 0 Å². The average Bonchev–Trinajstić information content (AvgIpc) is 2.84. The van der Waals surface area contributed by atoms with Crippen LogP contribution in [-0.4, -0.2) is 49.6 Å². The van der Waals surface area contributed by atoms with E-state index in [1.54, 1.807) is 31.2 Å². The summed E-state index contributed by atoms with van der Waals surface area (Å²) in [6, 6.07) is 20.7. The molecule has 0 spiro atoms. The van der Waals surface area contributed by atoms with Crippen LogP contribution in [0.5, 0.6) is 11.5 Å². The first-order valence-corrected chi connectivity index (χ1v) is 12.6. The fourth-order valence-corrected chi connectivity index (χ4v) is 4.70. The molecule has 8 nitrogen and oxygen atoms in total. The number of sulfonamides is 1. The standard InChI is InChI=1S/C26H29N3O5S/c1-3-34-25-17-22(11-14-24(25)30)18-27-28-26(31)19-29(16-15-21-7-5-4-6-8-21)35(32,33)23-12-9-20(2)10-13-23/h4-14,17-18,30H,3,15-16,19H2,1-2H3,(H,28,31)/b27-18-. The lowest BCUT2D eigenvalue weighted by Crippen LogP contribution is -2.40. The van der Waals surface area contributed by atoms with Crippen LogP contribution in [0.15, 0.2) is 82.8 Å². The minimum Gasteiger partial charge on any atom is -0.504 e. The number of phenols is 1. The summed E-state index contributed by atoms with van der Waals surface area (Å²) in [6.07, 6.45) is 1.85. The third-order valence-corrected chi connectivity index (χ3v) is 7.02. The Labute approximate surface area is 205 Å². The Morgan fingerprint density at radius 1 is 1.09 bits per heavy atom. The highest BCUT2D eigenvalue weighted by molar-refractivity contribution is 7.89. The van der Waals surface area contributed by atoms with Crippen molar-refractivity contribution in [2.45, 2.75) is 25.2 Å². The number of hydrogen-bond acceptors (Lipinski definition) is 6. The first-order chi connectivity index (χ1) is 16.8. The minimum absolute atomic E-state index is 0.00315. The largest absolute Gasteiger partial charge is 0.504 e. The molecule has 0 aliphatic heterocycles. The van der Waals surface area contributed by atoms with Crippen molar-refractivity contribution >= 4 is 22.1 Å². The van der Waals surface area contributed by atoms with E-state index in [-0.39, 0.29) is 23.7 Å². The van der Waals surface area contributed by atoms with Gasteiger partial charge in [0, 0.05) is 6.54 Å². The van der Waals surface area contributed by atoms with Gasteiger partial charge in [0.25, 0.3) is 5.91 Å². The number of benzene rings is 3. The summed E-state index contributed by atoms with van der Waals surface area (Å²) in [6.45, 7) is 3.81. The van der Waals surface area contributed by atoms with Gasteiger partial charge in [-0.2, -0.15) is 9.41 Å². The number of aryl methyl sites for hydroxylation is 1. The second-order valence-corrected chi connectivity index (χ2v) is 9.78. The highest BCUT2D eigenvalue weighted by Gasteiger charge is 2.26. The maximum absolute atomic E-state index is 13.3. The van der Waals surface area contributed by atoms with Gasteiger partial charge in [0.05, 0.1) is 24.3 Å². The molecule has 0 aliphatic carbocycles. The van der Waals surface area contributed by atoms with E-state index in [0.29, 0.717) is 24.3 Å². The normalized spacial score (nSPS) is 11.6. The van der Waals surface area contributed by atoms with Gasteiger partial charge in [0.15, 0.2) is 11.5 Å². The summed E-state index contributed by atoms with van der Waals surface area (Å²) in [5.74, 6) is -0.267. The number of carbonyl (C=O) groups excluding carboxylic acids is 1. The second-order valence-electron chi connectivity index (χ2n) is 7.84. The highest BCUT2D eigenvalue weighted by Crippen LogP contribution is 2.26. The Hall–Kier alpha value is -3.69. The Balaban J connectivity index is 1.72. The van der Waals surface area contributed by atoms with E-state index in [1.807, 2.05) is 37.3 Å². The number of nitrogens with one attached hydrogen (secondary N) is 1. The minimum atomic E-state index is -3.90. The maximum Gasteiger partial charge on any atom is 0.255 e. The van der Waals surface area contributed by atoms with Gasteiger partial charge in [-0.15, -0.1) is 0 Å². The van der Waals surface area contributed by atoms with E-state index in [2.05, 4.69) is 10.5 Å². The van der Waals surface area contributed by atoms with Crippen LogP contribution in [0.4, 0.5) is 0 Å². The van der Waals surface area contributed by atoms with E-state index < -0.39 is 15.9 Å². The Morgan fingerprint density at radius 3 is 2.49 bits per heavy atom. The van der Waals surface area contributed by atoms with Crippen molar-refractivity contribution < 1.29 is 23.1 Å². The number of rotatable bonds is 11. The molecule has 3 aromatic rings. The fraction of sp³-hybridized carbons (Fsp3) is 0.231. The summed E-state index contributed by atoms with van der Waals surface area (Å²) >= 11 is 0. The molecule has 0 unspecified atom stereocenters. The molecule has 0 saturated carbocycles. The smallest absolute Gasteiger partial charge is 0.255 e. The average molecular weight is 496 g/mol. The molecular weight excluding hydrogens is 466 g/mol. The summed E-state index contributed by atoms with van der Waals surface area (Å²) in [4.78, 5) is 12.7. The van der Waals surface area contributed by atoms with Crippen molar-refractivity contribution in [1.29, 1.82) is 0 Å². The van der Waals surface area contributed by atoms with Crippen LogP contribution in [0.25, 0.3) is 0 Å². The highest BCUT2D eigenvalue weighted by atomic mass is 32.2. The van der Waals surface area contributed by atoms with Gasteiger partial charge in [-0.25, -0.2) is 13.8 Å². The second kappa shape index (κ2) is 12.1. The van der Waals surface area contributed by atoms with Gasteiger partial charge in [-0.1, -0.05) is 48.0 Å². The van der Waals surface area contributed by atoms with Gasteiger partial charge < -0.3 is 9.84 Å². The number of carbonyl (C=O) groups is 1. The summed E-state index contributed by atoms with van der Waals surface area (Å²) < 4.78 is 33.1. The van der Waals surface area contributed by atoms with Gasteiger partial charge >= 0.3 is 0 Å². The van der Waals surface area contributed by atoms with Crippen LogP contribution >= 0.6 is 0 Å². The van der Waals surface area contributed by atoms with Crippen LogP contribution in [0, 0.1) is 6.92 Å². The van der Waals surface area contributed by atoms with Crippen LogP contribution in [0.1, 0.15) is 23.6 Å². The number of hydrogen-bond donors (Lipinski definition) is 2. The molecular formula is C26H29N3O5S. The lowest BCUT2D eigenvalue weighted by molar-refractivity contribution is -0.121. The first-order valence-electron chi connectivity index (χ1n) is 11.2. The van der Waals surface area contributed by atoms with Crippen molar-refractivity contribution in [1.82, 2.24) is 9.73 Å². The van der Waals surface area contributed by atoms with Crippen molar-refractivity contribution in [3.05, 3.63) is 89.5 Å². The summed E-state index contributed by atoms with van der Waals surface area (Å²) in [5, 5.41) is 13.7. The first kappa shape index (κ1) is 25.9. The van der Waals surface area contributed by atoms with Crippen LogP contribution in [0.3, 0.4) is 0 Å². The molecule has 0 heterocycles. The van der Waals surface area contributed by atoms with E-state index in [1.165, 1.54) is 24.4 Å². The lowest BCUT2D eigenvalue weighted by atomic mass is 10.1. The molecule has 0 aliphatic rings. The van der Waals surface area contributed by atoms with Crippen molar-refractivity contribution in [3.8, 4) is 11.5 Å². The molecule has 3 rings (SSSR count). The van der Waals surface area contributed by atoms with Gasteiger partial charge in [0.1, 0.15) is 0 Å². The Kier molecular flexibility index (Phi) is 8.99. The molecule has 0 atom stereocenters. The lowest BCUT2D eigenvalue weighted by Gasteiger charge is -2.21. The predicted molar refractivity (Wildman–Crippen MR) is 135 cm³/mol. The van der Waals surface area contributed by atoms with Gasteiger partial charge in [0.2, 0.25) is 10.0 Å². The number of phenolic OH excluding ortho intramolecular Hbond substituents is 1. The maximum atomic E-state index is 13.3. The monoisotopic (exact) mass is 495 g/mol. The molecule has 1 amide bonds. The number of hydrazone groups is 1. The third kappa shape index (κ3) is 7.40. The molecule has 2 N–H and O–H groups in total. The topological polar surface area (TPSA) is 108 Å². The molecule has 3 aromatic carbocycles. The number of amides is 1. The van der Waals surface area contributed by atoms with Gasteiger partial charge in [-0.3, -0.25) is 4.79 Å². The van der Waals surface area contributed by atoms with Crippen LogP contribution < -0.4 is 10.2 Å². The zero-order chi connectivity index (χ0) is 25.3. The van der Waals surface area contributed by atoms with E-state index in [9.17, 15) is 18.3 Å². The fourth-order valence-electron chi connectivity index (χ4n) is 3.30. The predicted octanol–water partition coefficient (Wildman–Crippen LogP) is 3.48. The summed E-state index contributed by atoms with van der Waals surface area (Å²) in [5.41, 5.74) is 4.88. The third-order valence-electron chi connectivity index (χ3n) is 5.16. The number of ether oxygens (including phenoxy) is 1. The molecule has 0 aromatic heterocycles. The number of nitrogens with zero attached hydrogens (tertiary/aromatic N) is 2. The molecule has 0 fully saturated rings. The molecule has 0 saturated heterocycles. The quantitative estimate of drug-likeness (QED) is 0.313. The molecule has 184 valence electrons. The Morgan fingerprint density at radius 2 is 1.80 bits per heavy atom. The zero-order valence-electron chi connectivity index (χ0n) is 19.7. The van der Waals surface area contributed by atoms with E-state index in [0.717, 1.165) is 15.4 Å². The SMILES string of the molecule is CCOc1cc(/C=N\NC(=O)CN(CCc2ccccc2)S(=O)(=O)c2ccc(C)cc2)ccc1O. The number of aromatic hydroxyl groups is 1. The van der Waals surface area contributed by atoms with Crippen LogP contribution in [-0.2, 0) is 21.2 Å². The van der Waals surface area contributed by atoms with Crippen molar-refractivity contribution in [3.63, 3.8) is 0 Å². The Bertz CT molecular complexity index is 1260. The molecule has 35 heavy (non-hydrogen) atoms. The summed E-state index contributed by atoms with van der Waals surface area (Å²) in [7, 11) is -3.90. The van der Waals surface area contributed by atoms with Crippen molar-refractivity contribution in [2.75, 3.05) is 19.7 Å². The van der Waals surface area contributed by atoms with E-state index >= 15 is 0 Å². The van der Waals surface area contributed by atoms with Crippen molar-refractivity contribution in [2.24, 2.45) is 5.10 Å². The molecule has 0 bridgehead atoms. The zero-order valence-corrected chi connectivity index (χ0v) is 20.5. The molecule has 0 radical (unpaired) electrons.